The topological polar surface area (TPSA) is 94.2 Å². The highest BCUT2D eigenvalue weighted by Gasteiger charge is 2.27. The van der Waals surface area contributed by atoms with Crippen LogP contribution < -0.4 is 19.5 Å². The Morgan fingerprint density at radius 2 is 1.65 bits per heavy atom. The first-order valence-electron chi connectivity index (χ1n) is 11.5. The van der Waals surface area contributed by atoms with Crippen LogP contribution in [0.5, 0.6) is 17.2 Å². The number of amides is 1. The van der Waals surface area contributed by atoms with Gasteiger partial charge in [0.25, 0.3) is 0 Å². The van der Waals surface area contributed by atoms with Crippen LogP contribution in [0.2, 0.25) is 0 Å². The number of hydrogen-bond donors (Lipinski definition) is 1. The van der Waals surface area contributed by atoms with Gasteiger partial charge in [-0.15, -0.1) is 0 Å². The highest BCUT2D eigenvalue weighted by atomic mass is 32.2. The molecule has 2 aromatic rings. The molecule has 1 aliphatic heterocycles. The number of carbonyl (C=O) groups excluding carboxylic acids is 1. The number of piperidine rings is 1. The summed E-state index contributed by atoms with van der Waals surface area (Å²) in [6, 6.07) is 10.00. The van der Waals surface area contributed by atoms with Gasteiger partial charge in [0, 0.05) is 25.1 Å². The maximum absolute atomic E-state index is 13.1. The molecule has 9 heteroatoms. The van der Waals surface area contributed by atoms with Crippen LogP contribution in [-0.2, 0) is 21.2 Å². The molecule has 0 saturated carbocycles. The molecule has 1 heterocycles. The standard InChI is InChI=1S/C25H34N2O6S/c1-18(22-17-20(31-2)9-11-24(22)33-4)26-25(28)13-8-19-16-21(10-12-23(19)32-3)34(29,30)27-14-6-5-7-15-27/h9-12,16-18H,5-8,13-15H2,1-4H3,(H,26,28)/t18-/m1/s1. The Morgan fingerprint density at radius 1 is 0.971 bits per heavy atom. The molecule has 0 radical (unpaired) electrons. The van der Waals surface area contributed by atoms with Crippen LogP contribution in [-0.4, -0.2) is 53.0 Å². The van der Waals surface area contributed by atoms with Crippen molar-refractivity contribution in [1.82, 2.24) is 9.62 Å². The summed E-state index contributed by atoms with van der Waals surface area (Å²) in [6.07, 6.45) is 3.33. The molecule has 186 valence electrons. The molecule has 0 aromatic heterocycles. The van der Waals surface area contributed by atoms with E-state index < -0.39 is 10.0 Å². The Labute approximate surface area is 202 Å². The van der Waals surface area contributed by atoms with Gasteiger partial charge in [-0.1, -0.05) is 6.42 Å². The number of aryl methyl sites for hydroxylation is 1. The van der Waals surface area contributed by atoms with Gasteiger partial charge < -0.3 is 19.5 Å². The van der Waals surface area contributed by atoms with E-state index in [2.05, 4.69) is 5.32 Å². The second-order valence-corrected chi connectivity index (χ2v) is 10.3. The largest absolute Gasteiger partial charge is 0.497 e. The van der Waals surface area contributed by atoms with Crippen molar-refractivity contribution in [1.29, 1.82) is 0 Å². The molecule has 0 bridgehead atoms. The van der Waals surface area contributed by atoms with Crippen molar-refractivity contribution >= 4 is 15.9 Å². The van der Waals surface area contributed by atoms with Gasteiger partial charge in [0.15, 0.2) is 0 Å². The number of benzene rings is 2. The van der Waals surface area contributed by atoms with Gasteiger partial charge >= 0.3 is 0 Å². The normalized spacial score (nSPS) is 15.4. The minimum atomic E-state index is -3.57. The number of rotatable bonds is 10. The second kappa shape index (κ2) is 11.6. The molecule has 1 atom stereocenters. The van der Waals surface area contributed by atoms with E-state index in [1.165, 1.54) is 11.4 Å². The zero-order chi connectivity index (χ0) is 24.7. The van der Waals surface area contributed by atoms with Crippen LogP contribution in [0.15, 0.2) is 41.3 Å². The van der Waals surface area contributed by atoms with Crippen LogP contribution in [0.4, 0.5) is 0 Å². The van der Waals surface area contributed by atoms with Crippen molar-refractivity contribution in [3.05, 3.63) is 47.5 Å². The van der Waals surface area contributed by atoms with Gasteiger partial charge in [-0.25, -0.2) is 8.42 Å². The average Bonchev–Trinajstić information content (AvgIpc) is 2.87. The lowest BCUT2D eigenvalue weighted by molar-refractivity contribution is -0.121. The summed E-state index contributed by atoms with van der Waals surface area (Å²) in [5.41, 5.74) is 1.49. The summed E-state index contributed by atoms with van der Waals surface area (Å²) in [4.78, 5) is 13.0. The number of nitrogens with one attached hydrogen (secondary N) is 1. The molecule has 2 aromatic carbocycles. The fourth-order valence-corrected chi connectivity index (χ4v) is 5.75. The quantitative estimate of drug-likeness (QED) is 0.546. The highest BCUT2D eigenvalue weighted by Crippen LogP contribution is 2.30. The predicted molar refractivity (Wildman–Crippen MR) is 130 cm³/mol. The molecule has 0 unspecified atom stereocenters. The summed E-state index contributed by atoms with van der Waals surface area (Å²) >= 11 is 0. The molecule has 1 saturated heterocycles. The first kappa shape index (κ1) is 25.8. The third-order valence-corrected chi connectivity index (χ3v) is 8.00. The van der Waals surface area contributed by atoms with Gasteiger partial charge in [0.05, 0.1) is 32.3 Å². The average molecular weight is 491 g/mol. The molecule has 1 aliphatic rings. The second-order valence-electron chi connectivity index (χ2n) is 8.34. The minimum absolute atomic E-state index is 0.163. The summed E-state index contributed by atoms with van der Waals surface area (Å²) in [7, 11) is 1.14. The first-order chi connectivity index (χ1) is 16.3. The Hall–Kier alpha value is -2.78. The van der Waals surface area contributed by atoms with E-state index in [4.69, 9.17) is 14.2 Å². The van der Waals surface area contributed by atoms with Crippen LogP contribution in [0.25, 0.3) is 0 Å². The summed E-state index contributed by atoms with van der Waals surface area (Å²) < 4.78 is 43.8. The number of nitrogens with zero attached hydrogens (tertiary/aromatic N) is 1. The van der Waals surface area contributed by atoms with Crippen molar-refractivity contribution in [2.45, 2.75) is 50.0 Å². The van der Waals surface area contributed by atoms with Crippen LogP contribution in [0.3, 0.4) is 0 Å². The molecule has 1 fully saturated rings. The van der Waals surface area contributed by atoms with E-state index in [1.54, 1.807) is 44.6 Å². The number of sulfonamides is 1. The third kappa shape index (κ3) is 6.01. The van der Waals surface area contributed by atoms with Crippen molar-refractivity contribution in [3.63, 3.8) is 0 Å². The monoisotopic (exact) mass is 490 g/mol. The third-order valence-electron chi connectivity index (χ3n) is 6.11. The Kier molecular flexibility index (Phi) is 8.79. The molecule has 3 rings (SSSR count). The Morgan fingerprint density at radius 3 is 2.29 bits per heavy atom. The first-order valence-corrected chi connectivity index (χ1v) is 12.9. The maximum Gasteiger partial charge on any atom is 0.243 e. The van der Waals surface area contributed by atoms with Gasteiger partial charge in [-0.2, -0.15) is 4.31 Å². The van der Waals surface area contributed by atoms with Crippen molar-refractivity contribution < 1.29 is 27.4 Å². The van der Waals surface area contributed by atoms with Gasteiger partial charge in [-0.3, -0.25) is 4.79 Å². The maximum atomic E-state index is 13.1. The summed E-state index contributed by atoms with van der Waals surface area (Å²) in [5.74, 6) is 1.73. The van der Waals surface area contributed by atoms with Crippen molar-refractivity contribution in [2.75, 3.05) is 34.4 Å². The Balaban J connectivity index is 1.71. The van der Waals surface area contributed by atoms with E-state index in [-0.39, 0.29) is 23.3 Å². The van der Waals surface area contributed by atoms with E-state index >= 15 is 0 Å². The van der Waals surface area contributed by atoms with Crippen LogP contribution in [0.1, 0.15) is 49.8 Å². The number of methoxy groups -OCH3 is 3. The lowest BCUT2D eigenvalue weighted by Crippen LogP contribution is -2.35. The molecular formula is C25H34N2O6S. The molecule has 34 heavy (non-hydrogen) atoms. The lowest BCUT2D eigenvalue weighted by atomic mass is 10.1. The van der Waals surface area contributed by atoms with Crippen molar-refractivity contribution in [2.24, 2.45) is 0 Å². The van der Waals surface area contributed by atoms with E-state index in [0.29, 0.717) is 42.3 Å². The highest BCUT2D eigenvalue weighted by molar-refractivity contribution is 7.89. The molecule has 1 N–H and O–H groups in total. The minimum Gasteiger partial charge on any atom is -0.497 e. The summed E-state index contributed by atoms with van der Waals surface area (Å²) in [5, 5.41) is 2.98. The van der Waals surface area contributed by atoms with Crippen LogP contribution in [0, 0.1) is 0 Å². The predicted octanol–water partition coefficient (Wildman–Crippen LogP) is 3.70. The van der Waals surface area contributed by atoms with E-state index in [9.17, 15) is 13.2 Å². The zero-order valence-corrected chi connectivity index (χ0v) is 21.1. The number of ether oxygens (including phenoxy) is 3. The number of hydrogen-bond acceptors (Lipinski definition) is 6. The SMILES string of the molecule is COc1ccc(OC)c([C@@H](C)NC(=O)CCc2cc(S(=O)(=O)N3CCCCC3)ccc2OC)c1. The van der Waals surface area contributed by atoms with E-state index in [0.717, 1.165) is 24.8 Å². The molecule has 8 nitrogen and oxygen atoms in total. The fraction of sp³-hybridized carbons (Fsp3) is 0.480. The van der Waals surface area contributed by atoms with Crippen molar-refractivity contribution in [3.8, 4) is 17.2 Å². The fourth-order valence-electron chi connectivity index (χ4n) is 4.18. The molecule has 1 amide bonds. The molecular weight excluding hydrogens is 456 g/mol. The lowest BCUT2D eigenvalue weighted by Gasteiger charge is -2.26. The van der Waals surface area contributed by atoms with Gasteiger partial charge in [0.1, 0.15) is 17.2 Å². The Bertz CT molecular complexity index is 1100. The summed E-state index contributed by atoms with van der Waals surface area (Å²) in [6.45, 7) is 2.96. The van der Waals surface area contributed by atoms with Gasteiger partial charge in [-0.05, 0) is 68.1 Å². The van der Waals surface area contributed by atoms with Crippen LogP contribution >= 0.6 is 0 Å². The zero-order valence-electron chi connectivity index (χ0n) is 20.3. The smallest absolute Gasteiger partial charge is 0.243 e. The molecule has 0 spiro atoms. The van der Waals surface area contributed by atoms with Gasteiger partial charge in [0.2, 0.25) is 15.9 Å². The van der Waals surface area contributed by atoms with E-state index in [1.807, 2.05) is 13.0 Å². The number of carbonyl (C=O) groups is 1. The molecule has 0 aliphatic carbocycles.